The zero-order valence-electron chi connectivity index (χ0n) is 11.2. The van der Waals surface area contributed by atoms with Crippen LogP contribution in [0, 0.1) is 12.3 Å². The lowest BCUT2D eigenvalue weighted by atomic mass is 10.2. The zero-order chi connectivity index (χ0) is 15.5. The lowest BCUT2D eigenvalue weighted by molar-refractivity contribution is 0.597. The summed E-state index contributed by atoms with van der Waals surface area (Å²) >= 11 is 2.81. The number of thioether (sulfide) groups is 1. The standard InChI is InChI=1S/C12H14N4O2S3/c1-8-15-16-12(20-8)19-5-6-21(17,18)10-4-2-3-9(7-10)11(13)14/h2-4,7H,5-6H2,1H3,(H3,13,14). The lowest BCUT2D eigenvalue weighted by Gasteiger charge is -2.05. The van der Waals surface area contributed by atoms with Gasteiger partial charge in [0.15, 0.2) is 14.2 Å². The molecule has 0 unspecified atom stereocenters. The summed E-state index contributed by atoms with van der Waals surface area (Å²) in [6, 6.07) is 6.14. The number of rotatable bonds is 6. The van der Waals surface area contributed by atoms with Crippen LogP contribution in [0.15, 0.2) is 33.5 Å². The molecule has 1 aromatic carbocycles. The van der Waals surface area contributed by atoms with Crippen molar-refractivity contribution in [3.05, 3.63) is 34.8 Å². The fraction of sp³-hybridized carbons (Fsp3) is 0.250. The number of amidine groups is 1. The fourth-order valence-electron chi connectivity index (χ4n) is 1.55. The van der Waals surface area contributed by atoms with Crippen molar-refractivity contribution in [3.63, 3.8) is 0 Å². The molecule has 2 aromatic rings. The summed E-state index contributed by atoms with van der Waals surface area (Å²) in [6.07, 6.45) is 0. The molecule has 1 heterocycles. The van der Waals surface area contributed by atoms with E-state index in [1.54, 1.807) is 12.1 Å². The van der Waals surface area contributed by atoms with Gasteiger partial charge in [0.1, 0.15) is 10.8 Å². The van der Waals surface area contributed by atoms with Crippen LogP contribution in [0.3, 0.4) is 0 Å². The molecule has 0 atom stereocenters. The molecule has 0 aliphatic carbocycles. The monoisotopic (exact) mass is 342 g/mol. The highest BCUT2D eigenvalue weighted by Gasteiger charge is 2.16. The van der Waals surface area contributed by atoms with E-state index in [1.807, 2.05) is 6.92 Å². The van der Waals surface area contributed by atoms with E-state index < -0.39 is 9.84 Å². The van der Waals surface area contributed by atoms with E-state index in [9.17, 15) is 8.42 Å². The minimum absolute atomic E-state index is 0.00233. The topological polar surface area (TPSA) is 110 Å². The van der Waals surface area contributed by atoms with Gasteiger partial charge in [0, 0.05) is 11.3 Å². The molecule has 0 bridgehead atoms. The molecule has 0 spiro atoms. The summed E-state index contributed by atoms with van der Waals surface area (Å²) in [4.78, 5) is 0.184. The molecule has 6 nitrogen and oxygen atoms in total. The minimum atomic E-state index is -3.40. The van der Waals surface area contributed by atoms with Gasteiger partial charge in [-0.25, -0.2) is 8.42 Å². The number of aryl methyl sites for hydroxylation is 1. The molecule has 0 saturated carbocycles. The first-order valence-electron chi connectivity index (χ1n) is 5.98. The Bertz CT molecular complexity index is 755. The first kappa shape index (κ1) is 15.9. The second kappa shape index (κ2) is 6.54. The van der Waals surface area contributed by atoms with Gasteiger partial charge in [-0.2, -0.15) is 0 Å². The first-order valence-corrected chi connectivity index (χ1v) is 9.44. The molecule has 9 heteroatoms. The molecule has 0 aliphatic rings. The van der Waals surface area contributed by atoms with E-state index in [2.05, 4.69) is 10.2 Å². The number of benzene rings is 1. The van der Waals surface area contributed by atoms with Gasteiger partial charge in [0.05, 0.1) is 10.6 Å². The van der Waals surface area contributed by atoms with E-state index in [4.69, 9.17) is 11.1 Å². The van der Waals surface area contributed by atoms with E-state index in [0.29, 0.717) is 11.3 Å². The SMILES string of the molecule is Cc1nnc(SCCS(=O)(=O)c2cccc(C(=N)N)c2)s1. The van der Waals surface area contributed by atoms with Crippen molar-refractivity contribution in [1.29, 1.82) is 5.41 Å². The van der Waals surface area contributed by atoms with Crippen LogP contribution in [0.25, 0.3) is 0 Å². The van der Waals surface area contributed by atoms with Gasteiger partial charge in [-0.3, -0.25) is 5.41 Å². The zero-order valence-corrected chi connectivity index (χ0v) is 13.7. The Hall–Kier alpha value is -1.45. The van der Waals surface area contributed by atoms with Crippen LogP contribution in [0.5, 0.6) is 0 Å². The van der Waals surface area contributed by atoms with Gasteiger partial charge >= 0.3 is 0 Å². The fourth-order valence-corrected chi connectivity index (χ4v) is 5.13. The van der Waals surface area contributed by atoms with Crippen LogP contribution in [-0.4, -0.2) is 36.0 Å². The van der Waals surface area contributed by atoms with E-state index in [-0.39, 0.29) is 16.5 Å². The van der Waals surface area contributed by atoms with E-state index >= 15 is 0 Å². The largest absolute Gasteiger partial charge is 0.384 e. The van der Waals surface area contributed by atoms with Gasteiger partial charge in [0.25, 0.3) is 0 Å². The number of nitrogens with zero attached hydrogens (tertiary/aromatic N) is 2. The third kappa shape index (κ3) is 4.26. The number of aromatic nitrogens is 2. The Labute approximate surface area is 131 Å². The Morgan fingerprint density at radius 1 is 1.43 bits per heavy atom. The quantitative estimate of drug-likeness (QED) is 0.470. The predicted molar refractivity (Wildman–Crippen MR) is 84.9 cm³/mol. The molecular formula is C12H14N4O2S3. The minimum Gasteiger partial charge on any atom is -0.384 e. The molecule has 0 amide bonds. The highest BCUT2D eigenvalue weighted by molar-refractivity contribution is 8.02. The number of sulfone groups is 1. The normalized spacial score (nSPS) is 11.5. The van der Waals surface area contributed by atoms with E-state index in [0.717, 1.165) is 9.35 Å². The first-order chi connectivity index (χ1) is 9.88. The summed E-state index contributed by atoms with van der Waals surface area (Å²) in [5.41, 5.74) is 5.78. The Kier molecular flexibility index (Phi) is 4.96. The second-order valence-corrected chi connectivity index (χ2v) is 8.83. The van der Waals surface area contributed by atoms with Crippen LogP contribution in [-0.2, 0) is 9.84 Å². The molecule has 3 N–H and O–H groups in total. The smallest absolute Gasteiger partial charge is 0.179 e. The summed E-state index contributed by atoms with van der Waals surface area (Å²) in [6.45, 7) is 1.85. The highest BCUT2D eigenvalue weighted by atomic mass is 32.2. The molecule has 1 aromatic heterocycles. The Morgan fingerprint density at radius 2 is 2.19 bits per heavy atom. The van der Waals surface area contributed by atoms with Gasteiger partial charge in [0.2, 0.25) is 0 Å². The van der Waals surface area contributed by atoms with Crippen molar-refractivity contribution in [2.75, 3.05) is 11.5 Å². The summed E-state index contributed by atoms with van der Waals surface area (Å²) < 4.78 is 25.3. The number of nitrogens with one attached hydrogen (secondary N) is 1. The Morgan fingerprint density at radius 3 is 2.81 bits per heavy atom. The highest BCUT2D eigenvalue weighted by Crippen LogP contribution is 2.23. The van der Waals surface area contributed by atoms with Crippen LogP contribution < -0.4 is 5.73 Å². The van der Waals surface area contributed by atoms with Gasteiger partial charge < -0.3 is 5.73 Å². The van der Waals surface area contributed by atoms with Crippen LogP contribution >= 0.6 is 23.1 Å². The molecule has 112 valence electrons. The number of hydrogen-bond donors (Lipinski definition) is 2. The van der Waals surface area contributed by atoms with Gasteiger partial charge in [-0.1, -0.05) is 35.2 Å². The van der Waals surface area contributed by atoms with Crippen molar-refractivity contribution >= 4 is 38.8 Å². The second-order valence-electron chi connectivity index (χ2n) is 4.20. The third-order valence-electron chi connectivity index (χ3n) is 2.59. The summed E-state index contributed by atoms with van der Waals surface area (Å²) in [7, 11) is -3.40. The average Bonchev–Trinajstić information content (AvgIpc) is 2.84. The third-order valence-corrected chi connectivity index (χ3v) is 6.54. The van der Waals surface area contributed by atoms with Crippen molar-refractivity contribution < 1.29 is 8.42 Å². The van der Waals surface area contributed by atoms with Crippen LogP contribution in [0.2, 0.25) is 0 Å². The molecule has 0 fully saturated rings. The maximum absolute atomic E-state index is 12.2. The predicted octanol–water partition coefficient (Wildman–Crippen LogP) is 1.70. The molecule has 21 heavy (non-hydrogen) atoms. The average molecular weight is 342 g/mol. The molecule has 0 radical (unpaired) electrons. The van der Waals surface area contributed by atoms with Crippen molar-refractivity contribution in [2.24, 2.45) is 5.73 Å². The van der Waals surface area contributed by atoms with Crippen LogP contribution in [0.4, 0.5) is 0 Å². The molecular weight excluding hydrogens is 328 g/mol. The number of nitrogen functional groups attached to an aromatic ring is 1. The summed E-state index contributed by atoms with van der Waals surface area (Å²) in [5, 5.41) is 16.0. The van der Waals surface area contributed by atoms with Crippen molar-refractivity contribution in [3.8, 4) is 0 Å². The summed E-state index contributed by atoms with van der Waals surface area (Å²) in [5.74, 6) is 0.254. The molecule has 2 rings (SSSR count). The van der Waals surface area contributed by atoms with Gasteiger partial charge in [-0.15, -0.1) is 10.2 Å². The lowest BCUT2D eigenvalue weighted by Crippen LogP contribution is -2.13. The number of hydrogen-bond acceptors (Lipinski definition) is 7. The molecule has 0 saturated heterocycles. The Balaban J connectivity index is 2.04. The van der Waals surface area contributed by atoms with Crippen molar-refractivity contribution in [2.45, 2.75) is 16.2 Å². The van der Waals surface area contributed by atoms with Crippen LogP contribution in [0.1, 0.15) is 10.6 Å². The van der Waals surface area contributed by atoms with Crippen molar-refractivity contribution in [1.82, 2.24) is 10.2 Å². The number of nitrogens with two attached hydrogens (primary N) is 1. The van der Waals surface area contributed by atoms with Gasteiger partial charge in [-0.05, 0) is 19.1 Å². The molecule has 0 aliphatic heterocycles. The maximum atomic E-state index is 12.2. The maximum Gasteiger partial charge on any atom is 0.179 e. The van der Waals surface area contributed by atoms with E-state index in [1.165, 1.54) is 35.2 Å².